The van der Waals surface area contributed by atoms with Gasteiger partial charge < -0.3 is 15.7 Å². The largest absolute Gasteiger partial charge is 0.391 e. The van der Waals surface area contributed by atoms with E-state index in [1.165, 1.54) is 5.56 Å². The Morgan fingerprint density at radius 1 is 1.21 bits per heavy atom. The second-order valence-corrected chi connectivity index (χ2v) is 5.36. The highest BCUT2D eigenvalue weighted by Gasteiger charge is 2.24. The molecular formula is C15H22N2O2. The highest BCUT2D eigenvalue weighted by Crippen LogP contribution is 2.19. The van der Waals surface area contributed by atoms with E-state index in [0.29, 0.717) is 0 Å². The first-order valence-electron chi connectivity index (χ1n) is 6.89. The lowest BCUT2D eigenvalue weighted by molar-refractivity contribution is 0.0955. The van der Waals surface area contributed by atoms with Gasteiger partial charge in [0.05, 0.1) is 12.1 Å². The van der Waals surface area contributed by atoms with Crippen LogP contribution in [0.5, 0.6) is 0 Å². The van der Waals surface area contributed by atoms with Crippen molar-refractivity contribution in [2.24, 2.45) is 0 Å². The summed E-state index contributed by atoms with van der Waals surface area (Å²) >= 11 is 0. The van der Waals surface area contributed by atoms with Gasteiger partial charge in [-0.2, -0.15) is 0 Å². The van der Waals surface area contributed by atoms with Crippen LogP contribution in [0.3, 0.4) is 0 Å². The second kappa shape index (κ2) is 6.06. The molecule has 3 N–H and O–H groups in total. The van der Waals surface area contributed by atoms with E-state index in [9.17, 15) is 9.90 Å². The number of aliphatic hydroxyl groups excluding tert-OH is 1. The fraction of sp³-hybridized carbons (Fsp3) is 0.533. The lowest BCUT2D eigenvalue weighted by Gasteiger charge is -2.28. The number of benzene rings is 1. The van der Waals surface area contributed by atoms with Gasteiger partial charge in [-0.3, -0.25) is 0 Å². The number of carbonyl (C=O) groups is 1. The van der Waals surface area contributed by atoms with Crippen molar-refractivity contribution in [3.05, 3.63) is 29.3 Å². The molecule has 1 aromatic carbocycles. The molecule has 104 valence electrons. The highest BCUT2D eigenvalue weighted by atomic mass is 16.3. The quantitative estimate of drug-likeness (QED) is 0.767. The van der Waals surface area contributed by atoms with Crippen molar-refractivity contribution < 1.29 is 9.90 Å². The maximum absolute atomic E-state index is 11.9. The molecule has 2 unspecified atom stereocenters. The van der Waals surface area contributed by atoms with Crippen LogP contribution in [-0.2, 0) is 0 Å². The molecular weight excluding hydrogens is 240 g/mol. The smallest absolute Gasteiger partial charge is 0.319 e. The van der Waals surface area contributed by atoms with E-state index in [1.54, 1.807) is 0 Å². The Morgan fingerprint density at radius 3 is 2.63 bits per heavy atom. The molecule has 0 heterocycles. The number of urea groups is 1. The van der Waals surface area contributed by atoms with Gasteiger partial charge in [-0.25, -0.2) is 4.79 Å². The van der Waals surface area contributed by atoms with Crippen molar-refractivity contribution >= 4 is 11.7 Å². The molecule has 1 aliphatic carbocycles. The van der Waals surface area contributed by atoms with Gasteiger partial charge in [-0.15, -0.1) is 0 Å². The average Bonchev–Trinajstić information content (AvgIpc) is 2.37. The first-order chi connectivity index (χ1) is 9.06. The van der Waals surface area contributed by atoms with Crippen LogP contribution in [0, 0.1) is 13.8 Å². The van der Waals surface area contributed by atoms with Gasteiger partial charge in [0.15, 0.2) is 0 Å². The topological polar surface area (TPSA) is 61.4 Å². The van der Waals surface area contributed by atoms with Crippen LogP contribution in [0.2, 0.25) is 0 Å². The van der Waals surface area contributed by atoms with Gasteiger partial charge in [0.1, 0.15) is 0 Å². The van der Waals surface area contributed by atoms with Crippen LogP contribution in [-0.4, -0.2) is 23.3 Å². The number of rotatable bonds is 2. The molecule has 0 aliphatic heterocycles. The van der Waals surface area contributed by atoms with Crippen molar-refractivity contribution in [3.63, 3.8) is 0 Å². The van der Waals surface area contributed by atoms with E-state index in [4.69, 9.17) is 0 Å². The van der Waals surface area contributed by atoms with Crippen molar-refractivity contribution in [2.75, 3.05) is 5.32 Å². The highest BCUT2D eigenvalue weighted by molar-refractivity contribution is 5.89. The van der Waals surface area contributed by atoms with Crippen LogP contribution >= 0.6 is 0 Å². The summed E-state index contributed by atoms with van der Waals surface area (Å²) in [5.41, 5.74) is 3.13. The summed E-state index contributed by atoms with van der Waals surface area (Å²) in [6.45, 7) is 4.06. The number of aryl methyl sites for hydroxylation is 2. The third-order valence-electron chi connectivity index (χ3n) is 3.81. The molecule has 2 atom stereocenters. The van der Waals surface area contributed by atoms with Crippen LogP contribution < -0.4 is 10.6 Å². The Kier molecular flexibility index (Phi) is 4.43. The van der Waals surface area contributed by atoms with Crippen molar-refractivity contribution in [3.8, 4) is 0 Å². The zero-order valence-electron chi connectivity index (χ0n) is 11.6. The van der Waals surface area contributed by atoms with Crippen LogP contribution in [0.25, 0.3) is 0 Å². The number of aliphatic hydroxyl groups is 1. The van der Waals surface area contributed by atoms with Crippen LogP contribution in [0.15, 0.2) is 18.2 Å². The van der Waals surface area contributed by atoms with Gasteiger partial charge in [0.25, 0.3) is 0 Å². The molecule has 0 radical (unpaired) electrons. The summed E-state index contributed by atoms with van der Waals surface area (Å²) < 4.78 is 0. The summed E-state index contributed by atoms with van der Waals surface area (Å²) in [7, 11) is 0. The van der Waals surface area contributed by atoms with E-state index in [1.807, 2.05) is 32.0 Å². The van der Waals surface area contributed by atoms with Crippen molar-refractivity contribution in [2.45, 2.75) is 51.7 Å². The summed E-state index contributed by atoms with van der Waals surface area (Å²) in [4.78, 5) is 11.9. The third kappa shape index (κ3) is 3.70. The first kappa shape index (κ1) is 13.9. The fourth-order valence-corrected chi connectivity index (χ4v) is 2.43. The SMILES string of the molecule is Cc1ccc(NC(=O)NC2CCCCC2O)cc1C. The molecule has 1 fully saturated rings. The summed E-state index contributed by atoms with van der Waals surface area (Å²) in [6.07, 6.45) is 3.30. The Bertz CT molecular complexity index is 459. The van der Waals surface area contributed by atoms with E-state index in [2.05, 4.69) is 10.6 Å². The van der Waals surface area contributed by atoms with Gasteiger partial charge in [-0.1, -0.05) is 18.9 Å². The predicted octanol–water partition coefficient (Wildman–Crippen LogP) is 2.73. The summed E-state index contributed by atoms with van der Waals surface area (Å²) in [5, 5.41) is 15.5. The molecule has 19 heavy (non-hydrogen) atoms. The lowest BCUT2D eigenvalue weighted by atomic mass is 9.93. The first-order valence-corrected chi connectivity index (χ1v) is 6.89. The Labute approximate surface area is 114 Å². The molecule has 4 heteroatoms. The Morgan fingerprint density at radius 2 is 1.95 bits per heavy atom. The monoisotopic (exact) mass is 262 g/mol. The normalized spacial score (nSPS) is 22.9. The predicted molar refractivity (Wildman–Crippen MR) is 76.3 cm³/mol. The van der Waals surface area contributed by atoms with Gasteiger partial charge in [0, 0.05) is 5.69 Å². The van der Waals surface area contributed by atoms with Crippen LogP contribution in [0.4, 0.5) is 10.5 Å². The number of carbonyl (C=O) groups excluding carboxylic acids is 1. The molecule has 1 aliphatic rings. The van der Waals surface area contributed by atoms with Gasteiger partial charge >= 0.3 is 6.03 Å². The molecule has 1 aromatic rings. The third-order valence-corrected chi connectivity index (χ3v) is 3.81. The van der Waals surface area contributed by atoms with Gasteiger partial charge in [-0.05, 0) is 49.9 Å². The average molecular weight is 262 g/mol. The van der Waals surface area contributed by atoms with Crippen LogP contribution in [0.1, 0.15) is 36.8 Å². The van der Waals surface area contributed by atoms with Crippen molar-refractivity contribution in [1.82, 2.24) is 5.32 Å². The molecule has 0 saturated heterocycles. The molecule has 0 bridgehead atoms. The minimum absolute atomic E-state index is 0.125. The number of hydrogen-bond donors (Lipinski definition) is 3. The maximum Gasteiger partial charge on any atom is 0.319 e. The number of nitrogens with one attached hydrogen (secondary N) is 2. The summed E-state index contributed by atoms with van der Waals surface area (Å²) in [5.74, 6) is 0. The standard InChI is InChI=1S/C15H22N2O2/c1-10-7-8-12(9-11(10)2)16-15(19)17-13-5-3-4-6-14(13)18/h7-9,13-14,18H,3-6H2,1-2H3,(H2,16,17,19). The Balaban J connectivity index is 1.91. The minimum Gasteiger partial charge on any atom is -0.391 e. The molecule has 2 rings (SSSR count). The minimum atomic E-state index is -0.417. The molecule has 1 saturated carbocycles. The van der Waals surface area contributed by atoms with E-state index < -0.39 is 6.10 Å². The molecule has 0 spiro atoms. The zero-order chi connectivity index (χ0) is 13.8. The fourth-order valence-electron chi connectivity index (χ4n) is 2.43. The maximum atomic E-state index is 11.9. The number of anilines is 1. The molecule has 0 aromatic heterocycles. The summed E-state index contributed by atoms with van der Waals surface area (Å²) in [6, 6.07) is 5.46. The van der Waals surface area contributed by atoms with Gasteiger partial charge in [0.2, 0.25) is 0 Å². The lowest BCUT2D eigenvalue weighted by Crippen LogP contribution is -2.46. The van der Waals surface area contributed by atoms with E-state index in [-0.39, 0.29) is 12.1 Å². The van der Waals surface area contributed by atoms with E-state index in [0.717, 1.165) is 36.9 Å². The van der Waals surface area contributed by atoms with Crippen molar-refractivity contribution in [1.29, 1.82) is 0 Å². The number of hydrogen-bond acceptors (Lipinski definition) is 2. The second-order valence-electron chi connectivity index (χ2n) is 5.36. The molecule has 2 amide bonds. The molecule has 4 nitrogen and oxygen atoms in total. The van der Waals surface area contributed by atoms with E-state index >= 15 is 0 Å². The Hall–Kier alpha value is -1.55. The zero-order valence-corrected chi connectivity index (χ0v) is 11.6. The number of amides is 2.